The van der Waals surface area contributed by atoms with Crippen molar-refractivity contribution >= 4 is 34.7 Å². The van der Waals surface area contributed by atoms with Gasteiger partial charge in [0.25, 0.3) is 11.8 Å². The summed E-state index contributed by atoms with van der Waals surface area (Å²) in [5, 5.41) is 2.25. The zero-order valence-electron chi connectivity index (χ0n) is 18.0. The van der Waals surface area contributed by atoms with Crippen LogP contribution in [0.2, 0.25) is 0 Å². The van der Waals surface area contributed by atoms with Crippen LogP contribution in [0.1, 0.15) is 11.1 Å². The Bertz CT molecular complexity index is 1230. The van der Waals surface area contributed by atoms with Gasteiger partial charge in [-0.15, -0.1) is 0 Å². The van der Waals surface area contributed by atoms with Crippen LogP contribution in [0.5, 0.6) is 11.5 Å². The number of benzene rings is 3. The van der Waals surface area contributed by atoms with E-state index in [9.17, 15) is 14.4 Å². The van der Waals surface area contributed by atoms with E-state index in [1.807, 2.05) is 24.3 Å². The van der Waals surface area contributed by atoms with Crippen LogP contribution in [0.15, 0.2) is 66.2 Å². The molecule has 162 valence electrons. The molecule has 1 aliphatic rings. The highest BCUT2D eigenvalue weighted by molar-refractivity contribution is 6.30. The number of hydrogen-bond acceptors (Lipinski definition) is 5. The highest BCUT2D eigenvalue weighted by Crippen LogP contribution is 2.31. The molecule has 1 heterocycles. The van der Waals surface area contributed by atoms with Crippen LogP contribution in [0, 0.1) is 0 Å². The van der Waals surface area contributed by atoms with Crippen LogP contribution < -0.4 is 9.47 Å². The minimum absolute atomic E-state index is 0.0962. The van der Waals surface area contributed by atoms with E-state index in [1.165, 1.54) is 27.3 Å². The highest BCUT2D eigenvalue weighted by Gasteiger charge is 2.37. The van der Waals surface area contributed by atoms with Gasteiger partial charge < -0.3 is 9.47 Å². The summed E-state index contributed by atoms with van der Waals surface area (Å²) < 4.78 is 11.5. The maximum atomic E-state index is 12.4. The molecule has 0 N–H and O–H groups in total. The lowest BCUT2D eigenvalue weighted by Gasteiger charge is -2.28. The van der Waals surface area contributed by atoms with Gasteiger partial charge in [0, 0.05) is 14.1 Å². The van der Waals surface area contributed by atoms with Gasteiger partial charge in [-0.3, -0.25) is 19.4 Å². The molecule has 4 rings (SSSR count). The van der Waals surface area contributed by atoms with Gasteiger partial charge in [0.05, 0.1) is 7.11 Å². The van der Waals surface area contributed by atoms with E-state index in [0.717, 1.165) is 26.1 Å². The van der Waals surface area contributed by atoms with Crippen molar-refractivity contribution in [2.45, 2.75) is 6.61 Å². The molecule has 7 heteroatoms. The second-order valence-electron chi connectivity index (χ2n) is 7.41. The molecule has 0 saturated carbocycles. The number of likely N-dealkylation sites (N-methyl/N-ethyl adjacent to an activating group) is 2. The van der Waals surface area contributed by atoms with E-state index in [4.69, 9.17) is 9.47 Å². The summed E-state index contributed by atoms with van der Waals surface area (Å²) in [7, 11) is 4.20. The third-order valence-electron chi connectivity index (χ3n) is 5.41. The van der Waals surface area contributed by atoms with Gasteiger partial charge >= 0.3 is 6.03 Å². The number of barbiturate groups is 1. The zero-order valence-corrected chi connectivity index (χ0v) is 18.0. The van der Waals surface area contributed by atoms with E-state index in [-0.39, 0.29) is 5.57 Å². The van der Waals surface area contributed by atoms with Crippen LogP contribution in [0.4, 0.5) is 4.79 Å². The van der Waals surface area contributed by atoms with Gasteiger partial charge in [0.15, 0.2) is 11.5 Å². The van der Waals surface area contributed by atoms with Crippen molar-refractivity contribution in [2.24, 2.45) is 0 Å². The minimum atomic E-state index is -0.660. The predicted molar refractivity (Wildman–Crippen MR) is 120 cm³/mol. The Balaban J connectivity index is 1.59. The number of ether oxygens (including phenoxy) is 2. The lowest BCUT2D eigenvalue weighted by molar-refractivity contribution is -0.134. The van der Waals surface area contributed by atoms with Gasteiger partial charge in [-0.2, -0.15) is 0 Å². The average molecular weight is 430 g/mol. The molecule has 0 aromatic heterocycles. The Morgan fingerprint density at radius 2 is 1.53 bits per heavy atom. The average Bonchev–Trinajstić information content (AvgIpc) is 2.83. The molecular weight excluding hydrogens is 408 g/mol. The Kier molecular flexibility index (Phi) is 5.64. The quantitative estimate of drug-likeness (QED) is 0.454. The molecule has 4 amide bonds. The number of hydrogen-bond donors (Lipinski definition) is 0. The predicted octanol–water partition coefficient (Wildman–Crippen LogP) is 3.86. The number of amides is 4. The van der Waals surface area contributed by atoms with Crippen molar-refractivity contribution in [1.29, 1.82) is 0 Å². The Morgan fingerprint density at radius 1 is 0.844 bits per heavy atom. The summed E-state index contributed by atoms with van der Waals surface area (Å²) in [5.41, 5.74) is 1.53. The standard InChI is InChI=1S/C25H22N2O5/c1-26-23(28)20(24(29)27(2)25(26)30)13-16-11-12-21(22(14-16)31-3)32-15-18-9-6-8-17-7-4-5-10-19(17)18/h4-14H,15H2,1-3H3. The van der Waals surface area contributed by atoms with Crippen LogP contribution in [-0.4, -0.2) is 48.9 Å². The van der Waals surface area contributed by atoms with Crippen LogP contribution in [-0.2, 0) is 16.2 Å². The van der Waals surface area contributed by atoms with Gasteiger partial charge in [-0.05, 0) is 40.1 Å². The first-order valence-corrected chi connectivity index (χ1v) is 10.00. The fourth-order valence-electron chi connectivity index (χ4n) is 3.61. The summed E-state index contributed by atoms with van der Waals surface area (Å²) in [6.07, 6.45) is 1.45. The molecule has 0 aliphatic carbocycles. The van der Waals surface area contributed by atoms with Crippen molar-refractivity contribution in [3.63, 3.8) is 0 Å². The van der Waals surface area contributed by atoms with Crippen LogP contribution in [0.25, 0.3) is 16.8 Å². The van der Waals surface area contributed by atoms with E-state index in [1.54, 1.807) is 18.2 Å². The lowest BCUT2D eigenvalue weighted by atomic mass is 10.1. The number of methoxy groups -OCH3 is 1. The summed E-state index contributed by atoms with van der Waals surface area (Å²) in [4.78, 5) is 38.6. The normalized spacial score (nSPS) is 14.2. The van der Waals surface area contributed by atoms with Crippen molar-refractivity contribution in [2.75, 3.05) is 21.2 Å². The fourth-order valence-corrected chi connectivity index (χ4v) is 3.61. The third-order valence-corrected chi connectivity index (χ3v) is 5.41. The smallest absolute Gasteiger partial charge is 0.333 e. The second-order valence-corrected chi connectivity index (χ2v) is 7.41. The highest BCUT2D eigenvalue weighted by atomic mass is 16.5. The molecule has 3 aromatic carbocycles. The maximum Gasteiger partial charge on any atom is 0.333 e. The van der Waals surface area contributed by atoms with Crippen LogP contribution >= 0.6 is 0 Å². The minimum Gasteiger partial charge on any atom is -0.493 e. The van der Waals surface area contributed by atoms with E-state index in [2.05, 4.69) is 18.2 Å². The molecule has 0 atom stereocenters. The monoisotopic (exact) mass is 430 g/mol. The molecule has 0 spiro atoms. The van der Waals surface area contributed by atoms with Crippen molar-refractivity contribution in [1.82, 2.24) is 9.80 Å². The van der Waals surface area contributed by atoms with Crippen LogP contribution in [0.3, 0.4) is 0 Å². The first-order chi connectivity index (χ1) is 15.4. The molecule has 1 fully saturated rings. The number of rotatable bonds is 5. The largest absolute Gasteiger partial charge is 0.493 e. The SMILES string of the molecule is COc1cc(C=C2C(=O)N(C)C(=O)N(C)C2=O)ccc1OCc1cccc2ccccc12. The summed E-state index contributed by atoms with van der Waals surface area (Å²) in [6, 6.07) is 18.6. The second kappa shape index (κ2) is 8.55. The molecule has 3 aromatic rings. The number of fused-ring (bicyclic) bond motifs is 1. The molecule has 0 radical (unpaired) electrons. The Labute approximate surface area is 185 Å². The van der Waals surface area contributed by atoms with Gasteiger partial charge in [-0.25, -0.2) is 4.79 Å². The van der Waals surface area contributed by atoms with E-state index < -0.39 is 17.8 Å². The Morgan fingerprint density at radius 3 is 2.25 bits per heavy atom. The van der Waals surface area contributed by atoms with E-state index >= 15 is 0 Å². The topological polar surface area (TPSA) is 76.2 Å². The van der Waals surface area contributed by atoms with Crippen molar-refractivity contribution < 1.29 is 23.9 Å². The third kappa shape index (κ3) is 3.80. The molecule has 7 nitrogen and oxygen atoms in total. The Hall–Kier alpha value is -4.13. The number of urea groups is 1. The van der Waals surface area contributed by atoms with Gasteiger partial charge in [0.1, 0.15) is 12.2 Å². The molecule has 0 unspecified atom stereocenters. The fraction of sp³-hybridized carbons (Fsp3) is 0.160. The summed E-state index contributed by atoms with van der Waals surface area (Å²) in [6.45, 7) is 0.354. The summed E-state index contributed by atoms with van der Waals surface area (Å²) in [5.74, 6) is -0.289. The summed E-state index contributed by atoms with van der Waals surface area (Å²) >= 11 is 0. The molecule has 32 heavy (non-hydrogen) atoms. The first-order valence-electron chi connectivity index (χ1n) is 10.00. The van der Waals surface area contributed by atoms with Crippen molar-refractivity contribution in [3.05, 3.63) is 77.4 Å². The number of carbonyl (C=O) groups is 3. The molecule has 1 saturated heterocycles. The number of carbonyl (C=O) groups excluding carboxylic acids is 3. The molecule has 1 aliphatic heterocycles. The van der Waals surface area contributed by atoms with Gasteiger partial charge in [-0.1, -0.05) is 48.5 Å². The molecular formula is C25H22N2O5. The number of nitrogens with zero attached hydrogens (tertiary/aromatic N) is 2. The maximum absolute atomic E-state index is 12.4. The zero-order chi connectivity index (χ0) is 22.8. The lowest BCUT2D eigenvalue weighted by Crippen LogP contribution is -2.52. The van der Waals surface area contributed by atoms with Gasteiger partial charge in [0.2, 0.25) is 0 Å². The van der Waals surface area contributed by atoms with E-state index in [0.29, 0.717) is 23.7 Å². The number of imide groups is 2. The van der Waals surface area contributed by atoms with Crippen molar-refractivity contribution in [3.8, 4) is 11.5 Å². The first kappa shape index (κ1) is 21.1. The molecule has 0 bridgehead atoms.